The summed E-state index contributed by atoms with van der Waals surface area (Å²) in [5, 5.41) is 5.27. The van der Waals surface area contributed by atoms with Crippen LogP contribution in [0.1, 0.15) is 38.5 Å². The molecule has 0 aromatic carbocycles. The highest BCUT2D eigenvalue weighted by atomic mass is 16.2. The Morgan fingerprint density at radius 1 is 1.16 bits per heavy atom. The van der Waals surface area contributed by atoms with E-state index in [9.17, 15) is 9.59 Å². The van der Waals surface area contributed by atoms with Gasteiger partial charge in [-0.2, -0.15) is 0 Å². The second-order valence-corrected chi connectivity index (χ2v) is 5.64. The lowest BCUT2D eigenvalue weighted by atomic mass is 9.96. The maximum absolute atomic E-state index is 11.7. The van der Waals surface area contributed by atoms with Crippen molar-refractivity contribution in [3.8, 4) is 0 Å². The van der Waals surface area contributed by atoms with E-state index < -0.39 is 0 Å². The number of amides is 3. The average Bonchev–Trinajstić information content (AvgIpc) is 2.75. The molecule has 0 radical (unpaired) electrons. The van der Waals surface area contributed by atoms with Crippen molar-refractivity contribution in [2.75, 3.05) is 19.6 Å². The van der Waals surface area contributed by atoms with Crippen LogP contribution in [0.5, 0.6) is 0 Å². The van der Waals surface area contributed by atoms with Gasteiger partial charge in [0.25, 0.3) is 0 Å². The summed E-state index contributed by atoms with van der Waals surface area (Å²) >= 11 is 0. The SMILES string of the molecule is N[C@@H]1CCN(CC(=O)NC(=O)NC2CCCCC2)C1. The third-order valence-corrected chi connectivity index (χ3v) is 3.87. The summed E-state index contributed by atoms with van der Waals surface area (Å²) in [6, 6.07) is 0.0195. The van der Waals surface area contributed by atoms with E-state index in [1.807, 2.05) is 4.90 Å². The predicted octanol–water partition coefficient (Wildman–Crippen LogP) is 0.178. The molecule has 2 rings (SSSR count). The maximum atomic E-state index is 11.7. The maximum Gasteiger partial charge on any atom is 0.321 e. The molecule has 19 heavy (non-hydrogen) atoms. The van der Waals surface area contributed by atoms with Gasteiger partial charge in [0.15, 0.2) is 0 Å². The Labute approximate surface area is 114 Å². The number of rotatable bonds is 3. The van der Waals surface area contributed by atoms with Crippen LogP contribution in [0.3, 0.4) is 0 Å². The molecule has 6 heteroatoms. The molecule has 1 heterocycles. The van der Waals surface area contributed by atoms with Gasteiger partial charge < -0.3 is 11.1 Å². The second kappa shape index (κ2) is 6.86. The Bertz CT molecular complexity index is 312. The standard InChI is InChI=1S/C13H24N4O2/c14-10-6-7-17(8-10)9-12(18)16-13(19)15-11-4-2-1-3-5-11/h10-11H,1-9,14H2,(H2,15,16,18,19)/t10-/m1/s1. The Hall–Kier alpha value is -1.14. The van der Waals surface area contributed by atoms with Crippen LogP contribution in [0.4, 0.5) is 4.79 Å². The van der Waals surface area contributed by atoms with E-state index >= 15 is 0 Å². The van der Waals surface area contributed by atoms with Crippen molar-refractivity contribution in [3.05, 3.63) is 0 Å². The van der Waals surface area contributed by atoms with Gasteiger partial charge in [0.05, 0.1) is 6.54 Å². The second-order valence-electron chi connectivity index (χ2n) is 5.64. The van der Waals surface area contributed by atoms with Gasteiger partial charge in [-0.05, 0) is 19.3 Å². The molecule has 1 aliphatic heterocycles. The number of nitrogens with two attached hydrogens (primary N) is 1. The van der Waals surface area contributed by atoms with Crippen LogP contribution >= 0.6 is 0 Å². The first-order valence-corrected chi connectivity index (χ1v) is 7.22. The molecule has 1 atom stereocenters. The summed E-state index contributed by atoms with van der Waals surface area (Å²) in [5.41, 5.74) is 5.77. The molecule has 1 saturated heterocycles. The van der Waals surface area contributed by atoms with Gasteiger partial charge in [-0.25, -0.2) is 4.79 Å². The fourth-order valence-electron chi connectivity index (χ4n) is 2.84. The van der Waals surface area contributed by atoms with Crippen LogP contribution < -0.4 is 16.4 Å². The fourth-order valence-corrected chi connectivity index (χ4v) is 2.84. The highest BCUT2D eigenvalue weighted by Gasteiger charge is 2.22. The summed E-state index contributed by atoms with van der Waals surface area (Å²) in [4.78, 5) is 25.4. The van der Waals surface area contributed by atoms with Gasteiger partial charge in [-0.3, -0.25) is 15.0 Å². The molecule has 2 aliphatic rings. The monoisotopic (exact) mass is 268 g/mol. The Balaban J connectivity index is 1.65. The summed E-state index contributed by atoms with van der Waals surface area (Å²) in [5.74, 6) is -0.248. The number of nitrogens with zero attached hydrogens (tertiary/aromatic N) is 1. The van der Waals surface area contributed by atoms with Crippen LogP contribution in [0.25, 0.3) is 0 Å². The van der Waals surface area contributed by atoms with Crippen LogP contribution in [-0.4, -0.2) is 48.6 Å². The van der Waals surface area contributed by atoms with Crippen molar-refractivity contribution in [2.45, 2.75) is 50.6 Å². The zero-order valence-corrected chi connectivity index (χ0v) is 11.4. The van der Waals surface area contributed by atoms with E-state index in [1.165, 1.54) is 6.42 Å². The summed E-state index contributed by atoms with van der Waals surface area (Å²) in [6.07, 6.45) is 6.51. The zero-order chi connectivity index (χ0) is 13.7. The Morgan fingerprint density at radius 2 is 1.89 bits per heavy atom. The minimum absolute atomic E-state index is 0.156. The third-order valence-electron chi connectivity index (χ3n) is 3.87. The summed E-state index contributed by atoms with van der Waals surface area (Å²) in [6.45, 7) is 1.82. The molecule has 0 unspecified atom stereocenters. The minimum Gasteiger partial charge on any atom is -0.335 e. The van der Waals surface area contributed by atoms with Crippen molar-refractivity contribution in [1.82, 2.24) is 15.5 Å². The zero-order valence-electron chi connectivity index (χ0n) is 11.4. The number of hydrogen-bond acceptors (Lipinski definition) is 4. The van der Waals surface area contributed by atoms with Crippen LogP contribution in [0.2, 0.25) is 0 Å². The predicted molar refractivity (Wildman–Crippen MR) is 72.6 cm³/mol. The first-order valence-electron chi connectivity index (χ1n) is 7.22. The topological polar surface area (TPSA) is 87.5 Å². The fraction of sp³-hybridized carbons (Fsp3) is 0.846. The highest BCUT2D eigenvalue weighted by Crippen LogP contribution is 2.17. The van der Waals surface area contributed by atoms with Gasteiger partial charge in [0.1, 0.15) is 0 Å². The number of urea groups is 1. The van der Waals surface area contributed by atoms with Crippen LogP contribution in [-0.2, 0) is 4.79 Å². The molecule has 1 saturated carbocycles. The normalized spacial score (nSPS) is 25.2. The number of carbonyl (C=O) groups is 2. The molecule has 0 aromatic heterocycles. The summed E-state index contributed by atoms with van der Waals surface area (Å²) in [7, 11) is 0. The first-order chi connectivity index (χ1) is 9.13. The van der Waals surface area contributed by atoms with Gasteiger partial charge in [-0.1, -0.05) is 19.3 Å². The van der Waals surface area contributed by atoms with E-state index in [4.69, 9.17) is 5.73 Å². The van der Waals surface area contributed by atoms with E-state index in [1.54, 1.807) is 0 Å². The quantitative estimate of drug-likeness (QED) is 0.681. The molecule has 4 N–H and O–H groups in total. The van der Waals surface area contributed by atoms with Gasteiger partial charge >= 0.3 is 6.03 Å². The van der Waals surface area contributed by atoms with E-state index in [0.29, 0.717) is 0 Å². The molecule has 3 amide bonds. The van der Waals surface area contributed by atoms with Crippen molar-refractivity contribution < 1.29 is 9.59 Å². The first kappa shape index (κ1) is 14.3. The molecule has 108 valence electrons. The van der Waals surface area contributed by atoms with Gasteiger partial charge in [0, 0.05) is 25.2 Å². The smallest absolute Gasteiger partial charge is 0.321 e. The van der Waals surface area contributed by atoms with Crippen LogP contribution in [0, 0.1) is 0 Å². The lowest BCUT2D eigenvalue weighted by molar-refractivity contribution is -0.120. The highest BCUT2D eigenvalue weighted by molar-refractivity contribution is 5.95. The average molecular weight is 268 g/mol. The largest absolute Gasteiger partial charge is 0.335 e. The van der Waals surface area contributed by atoms with Crippen LogP contribution in [0.15, 0.2) is 0 Å². The molecule has 0 bridgehead atoms. The molecule has 2 fully saturated rings. The minimum atomic E-state index is -0.361. The van der Waals surface area contributed by atoms with Crippen molar-refractivity contribution in [2.24, 2.45) is 5.73 Å². The lowest BCUT2D eigenvalue weighted by Gasteiger charge is -2.23. The molecule has 0 spiro atoms. The van der Waals surface area contributed by atoms with Crippen molar-refractivity contribution in [1.29, 1.82) is 0 Å². The van der Waals surface area contributed by atoms with E-state index in [-0.39, 0.29) is 30.6 Å². The number of nitrogens with one attached hydrogen (secondary N) is 2. The van der Waals surface area contributed by atoms with Crippen molar-refractivity contribution in [3.63, 3.8) is 0 Å². The third kappa shape index (κ3) is 4.80. The summed E-state index contributed by atoms with van der Waals surface area (Å²) < 4.78 is 0. The van der Waals surface area contributed by atoms with Gasteiger partial charge in [-0.15, -0.1) is 0 Å². The Kier molecular flexibility index (Phi) is 5.15. The molecular formula is C13H24N4O2. The Morgan fingerprint density at radius 3 is 2.53 bits per heavy atom. The van der Waals surface area contributed by atoms with Crippen molar-refractivity contribution >= 4 is 11.9 Å². The van der Waals surface area contributed by atoms with E-state index in [0.717, 1.165) is 45.2 Å². The van der Waals surface area contributed by atoms with Gasteiger partial charge in [0.2, 0.25) is 5.91 Å². The van der Waals surface area contributed by atoms with E-state index in [2.05, 4.69) is 10.6 Å². The number of imide groups is 1. The number of hydrogen-bond donors (Lipinski definition) is 3. The number of likely N-dealkylation sites (tertiary alicyclic amines) is 1. The molecule has 0 aromatic rings. The molecule has 1 aliphatic carbocycles. The molecule has 6 nitrogen and oxygen atoms in total. The lowest BCUT2D eigenvalue weighted by Crippen LogP contribution is -2.48. The molecular weight excluding hydrogens is 244 g/mol. The number of carbonyl (C=O) groups excluding carboxylic acids is 2.